The molecule has 0 aromatic carbocycles. The van der Waals surface area contributed by atoms with Gasteiger partial charge >= 0.3 is 0 Å². The first kappa shape index (κ1) is 11.2. The zero-order valence-corrected chi connectivity index (χ0v) is 8.96. The molecule has 0 spiro atoms. The Balaban J connectivity index is 2.54. The molecule has 1 fully saturated rings. The van der Waals surface area contributed by atoms with Crippen LogP contribution in [-0.4, -0.2) is 23.0 Å². The maximum atomic E-state index is 13.0. The Hall–Kier alpha value is 0.170. The molecule has 1 nitrogen and oxygen atoms in total. The standard InChI is InChI=1S/C9H17F2NS/c1-8(2)7(3-4-13-8)5-9(10,11)6-12/h7H,3-6,12H2,1-2H3. The van der Waals surface area contributed by atoms with Gasteiger partial charge in [0, 0.05) is 11.2 Å². The molecule has 1 heterocycles. The fourth-order valence-electron chi connectivity index (χ4n) is 1.72. The van der Waals surface area contributed by atoms with E-state index in [4.69, 9.17) is 5.73 Å². The number of nitrogens with two attached hydrogens (primary N) is 1. The zero-order chi connectivity index (χ0) is 10.1. The first-order chi connectivity index (χ1) is 5.87. The topological polar surface area (TPSA) is 26.0 Å². The van der Waals surface area contributed by atoms with Crippen LogP contribution in [0.4, 0.5) is 8.78 Å². The fraction of sp³-hybridized carbons (Fsp3) is 1.00. The van der Waals surface area contributed by atoms with Gasteiger partial charge in [-0.1, -0.05) is 13.8 Å². The van der Waals surface area contributed by atoms with Gasteiger partial charge < -0.3 is 5.73 Å². The lowest BCUT2D eigenvalue weighted by atomic mass is 9.87. The molecule has 0 aliphatic carbocycles. The third kappa shape index (κ3) is 2.81. The molecule has 0 aromatic rings. The second-order valence-corrected chi connectivity index (χ2v) is 5.95. The van der Waals surface area contributed by atoms with Gasteiger partial charge in [0.05, 0.1) is 6.54 Å². The Morgan fingerprint density at radius 2 is 2.15 bits per heavy atom. The number of thioether (sulfide) groups is 1. The van der Waals surface area contributed by atoms with Gasteiger partial charge in [-0.25, -0.2) is 8.78 Å². The van der Waals surface area contributed by atoms with E-state index < -0.39 is 12.5 Å². The molecule has 0 amide bonds. The summed E-state index contributed by atoms with van der Waals surface area (Å²) in [6.07, 6.45) is 0.844. The summed E-state index contributed by atoms with van der Waals surface area (Å²) in [5.41, 5.74) is 5.02. The lowest BCUT2D eigenvalue weighted by Crippen LogP contribution is -2.34. The van der Waals surface area contributed by atoms with Crippen molar-refractivity contribution in [1.82, 2.24) is 0 Å². The molecular weight excluding hydrogens is 192 g/mol. The van der Waals surface area contributed by atoms with Crippen LogP contribution in [0.15, 0.2) is 0 Å². The van der Waals surface area contributed by atoms with E-state index in [9.17, 15) is 8.78 Å². The van der Waals surface area contributed by atoms with E-state index in [0.717, 1.165) is 12.2 Å². The van der Waals surface area contributed by atoms with Crippen LogP contribution in [0.2, 0.25) is 0 Å². The molecule has 1 aliphatic rings. The van der Waals surface area contributed by atoms with Gasteiger partial charge in [0.2, 0.25) is 0 Å². The van der Waals surface area contributed by atoms with Gasteiger partial charge in [0.25, 0.3) is 5.92 Å². The van der Waals surface area contributed by atoms with E-state index in [2.05, 4.69) is 0 Å². The summed E-state index contributed by atoms with van der Waals surface area (Å²) in [5, 5.41) is 0. The van der Waals surface area contributed by atoms with Gasteiger partial charge in [0.1, 0.15) is 0 Å². The average molecular weight is 209 g/mol. The maximum absolute atomic E-state index is 13.0. The molecule has 0 saturated carbocycles. The predicted octanol–water partition coefficient (Wildman–Crippen LogP) is 2.50. The van der Waals surface area contributed by atoms with E-state index in [1.165, 1.54) is 0 Å². The van der Waals surface area contributed by atoms with Crippen LogP contribution in [0.25, 0.3) is 0 Å². The number of halogens is 2. The second-order valence-electron chi connectivity index (χ2n) is 4.20. The highest BCUT2D eigenvalue weighted by atomic mass is 32.2. The monoisotopic (exact) mass is 209 g/mol. The number of hydrogen-bond acceptors (Lipinski definition) is 2. The third-order valence-corrected chi connectivity index (χ3v) is 4.28. The summed E-state index contributed by atoms with van der Waals surface area (Å²) >= 11 is 1.78. The first-order valence-electron chi connectivity index (χ1n) is 4.59. The van der Waals surface area contributed by atoms with E-state index in [1.54, 1.807) is 11.8 Å². The summed E-state index contributed by atoms with van der Waals surface area (Å²) < 4.78 is 26.0. The smallest absolute Gasteiger partial charge is 0.260 e. The summed E-state index contributed by atoms with van der Waals surface area (Å²) in [7, 11) is 0. The van der Waals surface area contributed by atoms with E-state index in [1.807, 2.05) is 13.8 Å². The molecule has 1 atom stereocenters. The van der Waals surface area contributed by atoms with Crippen molar-refractivity contribution in [3.8, 4) is 0 Å². The van der Waals surface area contributed by atoms with Crippen LogP contribution in [-0.2, 0) is 0 Å². The molecule has 1 saturated heterocycles. The molecule has 0 bridgehead atoms. The van der Waals surface area contributed by atoms with Crippen molar-refractivity contribution in [3.63, 3.8) is 0 Å². The normalized spacial score (nSPS) is 27.9. The molecule has 13 heavy (non-hydrogen) atoms. The summed E-state index contributed by atoms with van der Waals surface area (Å²) in [5.74, 6) is -1.57. The van der Waals surface area contributed by atoms with Crippen molar-refractivity contribution >= 4 is 11.8 Å². The van der Waals surface area contributed by atoms with Crippen LogP contribution in [0, 0.1) is 5.92 Å². The lowest BCUT2D eigenvalue weighted by Gasteiger charge is -2.28. The third-order valence-electron chi connectivity index (χ3n) is 2.77. The SMILES string of the molecule is CC1(C)SCCC1CC(F)(F)CN. The Morgan fingerprint density at radius 3 is 2.54 bits per heavy atom. The highest BCUT2D eigenvalue weighted by Gasteiger charge is 2.41. The minimum absolute atomic E-state index is 0.00139. The number of hydrogen-bond donors (Lipinski definition) is 1. The predicted molar refractivity (Wildman–Crippen MR) is 53.3 cm³/mol. The van der Waals surface area contributed by atoms with Gasteiger partial charge in [-0.2, -0.15) is 11.8 Å². The number of alkyl halides is 2. The van der Waals surface area contributed by atoms with Crippen LogP contribution in [0.3, 0.4) is 0 Å². The maximum Gasteiger partial charge on any atom is 0.260 e. The van der Waals surface area contributed by atoms with Crippen LogP contribution >= 0.6 is 11.8 Å². The number of rotatable bonds is 3. The van der Waals surface area contributed by atoms with E-state index >= 15 is 0 Å². The summed E-state index contributed by atoms with van der Waals surface area (Å²) in [6, 6.07) is 0. The minimum atomic E-state index is -2.67. The van der Waals surface area contributed by atoms with Crippen molar-refractivity contribution in [2.75, 3.05) is 12.3 Å². The molecule has 0 radical (unpaired) electrons. The molecule has 1 rings (SSSR count). The largest absolute Gasteiger partial charge is 0.325 e. The quantitative estimate of drug-likeness (QED) is 0.773. The first-order valence-corrected chi connectivity index (χ1v) is 5.58. The zero-order valence-electron chi connectivity index (χ0n) is 8.15. The van der Waals surface area contributed by atoms with Gasteiger partial charge in [-0.05, 0) is 18.1 Å². The van der Waals surface area contributed by atoms with Crippen molar-refractivity contribution in [3.05, 3.63) is 0 Å². The van der Waals surface area contributed by atoms with E-state index in [-0.39, 0.29) is 17.1 Å². The van der Waals surface area contributed by atoms with Gasteiger partial charge in [-0.15, -0.1) is 0 Å². The Bertz CT molecular complexity index is 182. The minimum Gasteiger partial charge on any atom is -0.325 e. The average Bonchev–Trinajstić information content (AvgIpc) is 2.31. The molecule has 1 unspecified atom stereocenters. The van der Waals surface area contributed by atoms with Crippen LogP contribution in [0.5, 0.6) is 0 Å². The highest BCUT2D eigenvalue weighted by molar-refractivity contribution is 8.00. The van der Waals surface area contributed by atoms with Crippen molar-refractivity contribution in [1.29, 1.82) is 0 Å². The van der Waals surface area contributed by atoms with E-state index in [0.29, 0.717) is 0 Å². The Kier molecular flexibility index (Phi) is 3.23. The molecule has 0 aromatic heterocycles. The van der Waals surface area contributed by atoms with Gasteiger partial charge in [0.15, 0.2) is 0 Å². The Labute approximate surface area is 82.4 Å². The molecule has 78 valence electrons. The fourth-order valence-corrected chi connectivity index (χ4v) is 3.09. The van der Waals surface area contributed by atoms with Crippen LogP contribution in [0.1, 0.15) is 26.7 Å². The summed E-state index contributed by atoms with van der Waals surface area (Å²) in [4.78, 5) is 0. The summed E-state index contributed by atoms with van der Waals surface area (Å²) in [6.45, 7) is 3.56. The van der Waals surface area contributed by atoms with Crippen LogP contribution < -0.4 is 5.73 Å². The van der Waals surface area contributed by atoms with Crippen molar-refractivity contribution in [2.45, 2.75) is 37.4 Å². The molecule has 1 aliphatic heterocycles. The molecule has 2 N–H and O–H groups in total. The highest BCUT2D eigenvalue weighted by Crippen LogP contribution is 2.46. The lowest BCUT2D eigenvalue weighted by molar-refractivity contribution is -0.0168. The second kappa shape index (κ2) is 3.73. The van der Waals surface area contributed by atoms with Gasteiger partial charge in [-0.3, -0.25) is 0 Å². The van der Waals surface area contributed by atoms with Crippen molar-refractivity contribution < 1.29 is 8.78 Å². The molecular formula is C9H17F2NS. The van der Waals surface area contributed by atoms with Crippen molar-refractivity contribution in [2.24, 2.45) is 11.7 Å². The Morgan fingerprint density at radius 1 is 1.54 bits per heavy atom. The molecule has 4 heteroatoms.